The maximum absolute atomic E-state index is 11.1. The lowest BCUT2D eigenvalue weighted by Gasteiger charge is -2.40. The van der Waals surface area contributed by atoms with Gasteiger partial charge in [0.25, 0.3) is 0 Å². The Morgan fingerprint density at radius 3 is 2.23 bits per heavy atom. The van der Waals surface area contributed by atoms with E-state index in [1.807, 2.05) is 6.92 Å². The first-order valence-electron chi connectivity index (χ1n) is 8.01. The fraction of sp³-hybridized carbons (Fsp3) is 0.812. The van der Waals surface area contributed by atoms with Crippen molar-refractivity contribution in [3.05, 3.63) is 11.3 Å². The standard InChI is InChI=1S/C16H31NO4Si/c1-11(21-22(5,6)16(2,3)4)13(17-15(19)20)10-14(18)12-8-7-9-12/h11,13,17-18H,7-10H2,1-6H3,(H,19,20)/t11-,13-/m0/s1. The molecule has 1 rings (SSSR count). The number of allylic oxidation sites excluding steroid dienone is 1. The van der Waals surface area contributed by atoms with Gasteiger partial charge in [0.1, 0.15) is 0 Å². The minimum atomic E-state index is -1.98. The van der Waals surface area contributed by atoms with Gasteiger partial charge in [-0.1, -0.05) is 20.8 Å². The summed E-state index contributed by atoms with van der Waals surface area (Å²) in [7, 11) is -1.98. The first-order valence-corrected chi connectivity index (χ1v) is 10.9. The summed E-state index contributed by atoms with van der Waals surface area (Å²) in [4.78, 5) is 11.1. The first-order chi connectivity index (χ1) is 9.94. The SMILES string of the molecule is C[C@H](O[Si](C)(C)C(C)(C)C)[C@H](CC(O)=C1CCC1)NC(=O)O. The van der Waals surface area contributed by atoms with Crippen LogP contribution in [0.15, 0.2) is 11.3 Å². The molecular formula is C16H31NO4Si. The molecule has 1 saturated carbocycles. The number of hydrogen-bond donors (Lipinski definition) is 3. The van der Waals surface area contributed by atoms with Crippen molar-refractivity contribution >= 4 is 14.4 Å². The van der Waals surface area contributed by atoms with E-state index in [0.717, 1.165) is 24.8 Å². The van der Waals surface area contributed by atoms with Gasteiger partial charge in [0, 0.05) is 6.42 Å². The normalized spacial score (nSPS) is 18.4. The van der Waals surface area contributed by atoms with Crippen molar-refractivity contribution in [1.29, 1.82) is 0 Å². The van der Waals surface area contributed by atoms with Gasteiger partial charge >= 0.3 is 6.09 Å². The highest BCUT2D eigenvalue weighted by atomic mass is 28.4. The number of carbonyl (C=O) groups is 1. The summed E-state index contributed by atoms with van der Waals surface area (Å²) < 4.78 is 6.28. The fourth-order valence-corrected chi connectivity index (χ4v) is 3.66. The predicted octanol–water partition coefficient (Wildman–Crippen LogP) is 4.42. The second kappa shape index (κ2) is 7.04. The van der Waals surface area contributed by atoms with Gasteiger partial charge in [-0.2, -0.15) is 0 Å². The lowest BCUT2D eigenvalue weighted by atomic mass is 9.89. The molecule has 6 heteroatoms. The molecule has 0 heterocycles. The molecule has 3 N–H and O–H groups in total. The van der Waals surface area contributed by atoms with Gasteiger partial charge in [-0.15, -0.1) is 0 Å². The van der Waals surface area contributed by atoms with E-state index in [1.54, 1.807) is 0 Å². The maximum atomic E-state index is 11.1. The van der Waals surface area contributed by atoms with E-state index in [2.05, 4.69) is 39.2 Å². The summed E-state index contributed by atoms with van der Waals surface area (Å²) in [5.74, 6) is 0.329. The van der Waals surface area contributed by atoms with Gasteiger partial charge < -0.3 is 20.0 Å². The van der Waals surface area contributed by atoms with Crippen molar-refractivity contribution in [3.63, 3.8) is 0 Å². The summed E-state index contributed by atoms with van der Waals surface area (Å²) in [5, 5.41) is 21.8. The third-order valence-corrected chi connectivity index (χ3v) is 9.51. The molecule has 0 unspecified atom stereocenters. The fourth-order valence-electron chi connectivity index (χ4n) is 2.21. The van der Waals surface area contributed by atoms with Crippen LogP contribution in [-0.2, 0) is 4.43 Å². The molecule has 0 aromatic heterocycles. The minimum absolute atomic E-state index is 0.0590. The molecule has 0 aromatic rings. The summed E-state index contributed by atoms with van der Waals surface area (Å²) in [5.41, 5.74) is 1.05. The van der Waals surface area contributed by atoms with E-state index >= 15 is 0 Å². The average molecular weight is 330 g/mol. The number of rotatable bonds is 6. The van der Waals surface area contributed by atoms with Crippen molar-refractivity contribution in [1.82, 2.24) is 5.32 Å². The largest absolute Gasteiger partial charge is 0.512 e. The second-order valence-corrected chi connectivity index (χ2v) is 12.5. The second-order valence-electron chi connectivity index (χ2n) is 7.75. The van der Waals surface area contributed by atoms with E-state index in [1.165, 1.54) is 0 Å². The van der Waals surface area contributed by atoms with Crippen LogP contribution in [0.4, 0.5) is 4.79 Å². The van der Waals surface area contributed by atoms with E-state index in [4.69, 9.17) is 9.53 Å². The molecule has 0 bridgehead atoms. The van der Waals surface area contributed by atoms with Gasteiger partial charge in [0.15, 0.2) is 8.32 Å². The Morgan fingerprint density at radius 1 is 1.32 bits per heavy atom. The molecular weight excluding hydrogens is 298 g/mol. The van der Waals surface area contributed by atoms with Gasteiger partial charge in [0.05, 0.1) is 17.9 Å². The molecule has 0 radical (unpaired) electrons. The van der Waals surface area contributed by atoms with E-state index in [0.29, 0.717) is 12.2 Å². The Balaban J connectivity index is 2.80. The lowest BCUT2D eigenvalue weighted by molar-refractivity contribution is 0.132. The van der Waals surface area contributed by atoms with Crippen molar-refractivity contribution in [3.8, 4) is 0 Å². The maximum Gasteiger partial charge on any atom is 0.404 e. The molecule has 0 aliphatic heterocycles. The molecule has 22 heavy (non-hydrogen) atoms. The molecule has 0 spiro atoms. The Labute approximate surface area is 134 Å². The summed E-state index contributed by atoms with van der Waals surface area (Å²) >= 11 is 0. The first kappa shape index (κ1) is 19.0. The van der Waals surface area contributed by atoms with Crippen LogP contribution in [0.5, 0.6) is 0 Å². The molecule has 128 valence electrons. The third-order valence-electron chi connectivity index (χ3n) is 4.94. The van der Waals surface area contributed by atoms with Crippen LogP contribution in [0.25, 0.3) is 0 Å². The zero-order valence-corrected chi connectivity index (χ0v) is 15.7. The molecule has 5 nitrogen and oxygen atoms in total. The van der Waals surface area contributed by atoms with Gasteiger partial charge in [-0.3, -0.25) is 0 Å². The number of amides is 1. The van der Waals surface area contributed by atoms with Crippen LogP contribution in [0, 0.1) is 0 Å². The lowest BCUT2D eigenvalue weighted by Crippen LogP contribution is -2.50. The Morgan fingerprint density at radius 2 is 1.86 bits per heavy atom. The summed E-state index contributed by atoms with van der Waals surface area (Å²) in [6.07, 6.45) is 1.89. The highest BCUT2D eigenvalue weighted by Crippen LogP contribution is 2.38. The molecule has 1 aliphatic carbocycles. The van der Waals surface area contributed by atoms with Crippen LogP contribution >= 0.6 is 0 Å². The van der Waals surface area contributed by atoms with E-state index in [-0.39, 0.29) is 11.1 Å². The molecule has 1 fully saturated rings. The molecule has 1 aliphatic rings. The highest BCUT2D eigenvalue weighted by Gasteiger charge is 2.40. The number of carboxylic acid groups (broad SMARTS) is 1. The number of aliphatic hydroxyl groups is 1. The van der Waals surface area contributed by atoms with E-state index in [9.17, 15) is 9.90 Å². The Kier molecular flexibility index (Phi) is 6.09. The van der Waals surface area contributed by atoms with Crippen molar-refractivity contribution < 1.29 is 19.4 Å². The van der Waals surface area contributed by atoms with Gasteiger partial charge in [-0.25, -0.2) is 4.79 Å². The smallest absolute Gasteiger partial charge is 0.404 e. The Hall–Kier alpha value is -1.01. The third kappa shape index (κ3) is 5.02. The number of nitrogens with one attached hydrogen (secondary N) is 1. The molecule has 2 atom stereocenters. The van der Waals surface area contributed by atoms with Crippen LogP contribution in [0.2, 0.25) is 18.1 Å². The molecule has 1 amide bonds. The molecule has 0 aromatic carbocycles. The van der Waals surface area contributed by atoms with Crippen molar-refractivity contribution in [2.75, 3.05) is 0 Å². The predicted molar refractivity (Wildman–Crippen MR) is 90.8 cm³/mol. The summed E-state index contributed by atoms with van der Waals surface area (Å²) in [6, 6.07) is -0.431. The quantitative estimate of drug-likeness (QED) is 0.498. The zero-order valence-electron chi connectivity index (χ0n) is 14.7. The topological polar surface area (TPSA) is 78.8 Å². The average Bonchev–Trinajstić information content (AvgIpc) is 2.22. The van der Waals surface area contributed by atoms with E-state index < -0.39 is 20.5 Å². The van der Waals surface area contributed by atoms with Crippen LogP contribution in [-0.4, -0.2) is 36.8 Å². The van der Waals surface area contributed by atoms with Crippen molar-refractivity contribution in [2.45, 2.75) is 83.7 Å². The van der Waals surface area contributed by atoms with Crippen LogP contribution < -0.4 is 5.32 Å². The van der Waals surface area contributed by atoms with Gasteiger partial charge in [-0.05, 0) is 49.9 Å². The summed E-state index contributed by atoms with van der Waals surface area (Å²) in [6.45, 7) is 12.6. The zero-order chi connectivity index (χ0) is 17.1. The highest BCUT2D eigenvalue weighted by molar-refractivity contribution is 6.74. The number of aliphatic hydroxyl groups excluding tert-OH is 1. The Bertz CT molecular complexity index is 434. The van der Waals surface area contributed by atoms with Crippen molar-refractivity contribution in [2.24, 2.45) is 0 Å². The molecule has 0 saturated heterocycles. The minimum Gasteiger partial charge on any atom is -0.512 e. The van der Waals surface area contributed by atoms with Crippen LogP contribution in [0.3, 0.4) is 0 Å². The van der Waals surface area contributed by atoms with Crippen LogP contribution in [0.1, 0.15) is 53.4 Å². The number of hydrogen-bond acceptors (Lipinski definition) is 3. The van der Waals surface area contributed by atoms with Gasteiger partial charge in [0.2, 0.25) is 0 Å². The monoisotopic (exact) mass is 329 g/mol.